The fourth-order valence-corrected chi connectivity index (χ4v) is 7.87. The van der Waals surface area contributed by atoms with Crippen LogP contribution < -0.4 is 0 Å². The first kappa shape index (κ1) is 67.1. The predicted octanol–water partition coefficient (Wildman–Crippen LogP) is 19.9. The van der Waals surface area contributed by atoms with Crippen molar-refractivity contribution in [3.63, 3.8) is 0 Å². The van der Waals surface area contributed by atoms with Gasteiger partial charge in [0.2, 0.25) is 0 Å². The maximum atomic E-state index is 12.9. The summed E-state index contributed by atoms with van der Waals surface area (Å²) in [5.41, 5.74) is 0. The fraction of sp³-hybridized carbons (Fsp3) is 0.677. The average Bonchev–Trinajstić information content (AvgIpc) is 3.37. The molecule has 0 N–H and O–H groups in total. The molecule has 6 heteroatoms. The SMILES string of the molecule is CC/C=C\C/C=C\C/C=C\C/C=C\C/C=C\CC(=O)OCC(COC(=O)CCCCCCCCCCC/C=C\C/C=C\CCCCCCC)OC(=O)CCCCCCCCC/C=C\C/C=C\CCCCC. The summed E-state index contributed by atoms with van der Waals surface area (Å²) in [5.74, 6) is -1.06. The molecule has 0 aliphatic heterocycles. The van der Waals surface area contributed by atoms with E-state index in [0.717, 1.165) is 89.9 Å². The van der Waals surface area contributed by atoms with Crippen LogP contribution in [0.5, 0.6) is 0 Å². The van der Waals surface area contributed by atoms with Gasteiger partial charge in [-0.25, -0.2) is 0 Å². The molecule has 0 aliphatic rings. The first-order valence-electron chi connectivity index (χ1n) is 29.4. The highest BCUT2D eigenvalue weighted by atomic mass is 16.6. The molecule has 1 unspecified atom stereocenters. The van der Waals surface area contributed by atoms with Gasteiger partial charge in [0.25, 0.3) is 0 Å². The topological polar surface area (TPSA) is 78.9 Å². The summed E-state index contributed by atoms with van der Waals surface area (Å²) in [6.45, 7) is 6.40. The highest BCUT2D eigenvalue weighted by Gasteiger charge is 2.19. The van der Waals surface area contributed by atoms with Crippen LogP contribution in [0.2, 0.25) is 0 Å². The van der Waals surface area contributed by atoms with Crippen LogP contribution in [0.4, 0.5) is 0 Å². The average molecular weight is 986 g/mol. The molecule has 1 atom stereocenters. The molecule has 0 aromatic rings. The molecule has 0 amide bonds. The van der Waals surface area contributed by atoms with E-state index >= 15 is 0 Å². The Bertz CT molecular complexity index is 1460. The Morgan fingerprint density at radius 1 is 0.310 bits per heavy atom. The number of hydrogen-bond donors (Lipinski definition) is 0. The lowest BCUT2D eigenvalue weighted by atomic mass is 10.1. The third kappa shape index (κ3) is 56.9. The van der Waals surface area contributed by atoms with Crippen molar-refractivity contribution >= 4 is 17.9 Å². The highest BCUT2D eigenvalue weighted by Crippen LogP contribution is 2.14. The Kier molecular flexibility index (Phi) is 55.4. The van der Waals surface area contributed by atoms with Crippen LogP contribution in [0.3, 0.4) is 0 Å². The number of unbranched alkanes of at least 4 members (excludes halogenated alkanes) is 24. The molecule has 0 spiro atoms. The molecule has 0 aromatic heterocycles. The zero-order chi connectivity index (χ0) is 51.4. The van der Waals surface area contributed by atoms with Gasteiger partial charge >= 0.3 is 17.9 Å². The third-order valence-corrected chi connectivity index (χ3v) is 12.3. The first-order valence-corrected chi connectivity index (χ1v) is 29.4. The number of esters is 3. The van der Waals surface area contributed by atoms with Gasteiger partial charge in [0.05, 0.1) is 6.42 Å². The van der Waals surface area contributed by atoms with E-state index in [1.807, 2.05) is 6.08 Å². The molecule has 0 aromatic carbocycles. The second kappa shape index (κ2) is 58.6. The Hall–Kier alpha value is -3.93. The molecule has 0 saturated heterocycles. The molecule has 71 heavy (non-hydrogen) atoms. The third-order valence-electron chi connectivity index (χ3n) is 12.3. The van der Waals surface area contributed by atoms with Crippen molar-refractivity contribution in [2.24, 2.45) is 0 Å². The maximum absolute atomic E-state index is 12.9. The fourth-order valence-electron chi connectivity index (χ4n) is 7.87. The monoisotopic (exact) mass is 985 g/mol. The van der Waals surface area contributed by atoms with Crippen molar-refractivity contribution < 1.29 is 28.6 Å². The Labute approximate surface area is 438 Å². The minimum atomic E-state index is -0.826. The lowest BCUT2D eigenvalue weighted by Crippen LogP contribution is -2.30. The van der Waals surface area contributed by atoms with Crippen LogP contribution in [-0.2, 0) is 28.6 Å². The smallest absolute Gasteiger partial charge is 0.309 e. The van der Waals surface area contributed by atoms with Crippen molar-refractivity contribution in [1.82, 2.24) is 0 Å². The standard InChI is InChI=1S/C65H108O6/c1-4-7-10-13-16-19-22-25-28-30-31-32-33-35-37-40-43-46-49-52-55-58-64(67)70-61-62(60-69-63(66)57-54-51-48-45-42-39-36-27-24-21-18-15-12-9-6-3)71-65(68)59-56-53-50-47-44-41-38-34-29-26-23-20-17-14-11-8-5-2/h9,12,17-18,20-22,25-27,29-31,36,42,45,51,54,62H,4-8,10-11,13-16,19,23-24,28,32-35,37-41,43-44,46-50,52-53,55-61H2,1-3H3/b12-9-,20-17-,21-18-,25-22-,29-26-,31-30-,36-27-,45-42-,54-51-. The predicted molar refractivity (Wildman–Crippen MR) is 307 cm³/mol. The summed E-state index contributed by atoms with van der Waals surface area (Å²) in [7, 11) is 0. The van der Waals surface area contributed by atoms with E-state index in [9.17, 15) is 14.4 Å². The van der Waals surface area contributed by atoms with Crippen molar-refractivity contribution in [1.29, 1.82) is 0 Å². The molecule has 0 aliphatic carbocycles. The van der Waals surface area contributed by atoms with Gasteiger partial charge < -0.3 is 14.2 Å². The summed E-state index contributed by atoms with van der Waals surface area (Å²) >= 11 is 0. The summed E-state index contributed by atoms with van der Waals surface area (Å²) in [6, 6.07) is 0. The number of ether oxygens (including phenoxy) is 3. The Balaban J connectivity index is 4.48. The molecule has 0 radical (unpaired) electrons. The molecule has 0 heterocycles. The first-order chi connectivity index (χ1) is 35.0. The largest absolute Gasteiger partial charge is 0.462 e. The minimum absolute atomic E-state index is 0.115. The van der Waals surface area contributed by atoms with Crippen LogP contribution in [0.15, 0.2) is 109 Å². The van der Waals surface area contributed by atoms with E-state index in [1.54, 1.807) is 6.08 Å². The zero-order valence-corrected chi connectivity index (χ0v) is 46.2. The van der Waals surface area contributed by atoms with Crippen molar-refractivity contribution in [3.8, 4) is 0 Å². The normalized spacial score (nSPS) is 12.9. The number of rotatable bonds is 52. The van der Waals surface area contributed by atoms with E-state index < -0.39 is 12.1 Å². The number of carbonyl (C=O) groups is 3. The van der Waals surface area contributed by atoms with Crippen LogP contribution in [0.25, 0.3) is 0 Å². The van der Waals surface area contributed by atoms with E-state index in [1.165, 1.54) is 135 Å². The maximum Gasteiger partial charge on any atom is 0.309 e. The molecule has 0 rings (SSSR count). The van der Waals surface area contributed by atoms with E-state index in [0.29, 0.717) is 12.8 Å². The van der Waals surface area contributed by atoms with Crippen LogP contribution in [0, 0.1) is 0 Å². The Morgan fingerprint density at radius 3 is 1.01 bits per heavy atom. The van der Waals surface area contributed by atoms with Gasteiger partial charge in [0.15, 0.2) is 6.10 Å². The van der Waals surface area contributed by atoms with Gasteiger partial charge in [-0.1, -0.05) is 246 Å². The number of carbonyl (C=O) groups excluding carboxylic acids is 3. The van der Waals surface area contributed by atoms with Crippen LogP contribution in [-0.4, -0.2) is 37.2 Å². The lowest BCUT2D eigenvalue weighted by molar-refractivity contribution is -0.166. The molecule has 0 fully saturated rings. The minimum Gasteiger partial charge on any atom is -0.462 e. The summed E-state index contributed by atoms with van der Waals surface area (Å²) in [5, 5.41) is 0. The van der Waals surface area contributed by atoms with E-state index in [4.69, 9.17) is 14.2 Å². The molecule has 404 valence electrons. The molecule has 0 bridgehead atoms. The van der Waals surface area contributed by atoms with Crippen molar-refractivity contribution in [2.75, 3.05) is 13.2 Å². The van der Waals surface area contributed by atoms with Crippen LogP contribution in [0.1, 0.15) is 265 Å². The van der Waals surface area contributed by atoms with Crippen LogP contribution >= 0.6 is 0 Å². The van der Waals surface area contributed by atoms with Gasteiger partial charge in [0, 0.05) is 12.8 Å². The zero-order valence-electron chi connectivity index (χ0n) is 46.2. The van der Waals surface area contributed by atoms with Gasteiger partial charge in [-0.05, 0) is 109 Å². The Morgan fingerprint density at radius 2 is 0.606 bits per heavy atom. The summed E-state index contributed by atoms with van der Waals surface area (Å²) in [4.78, 5) is 38.1. The molecule has 6 nitrogen and oxygen atoms in total. The summed E-state index contributed by atoms with van der Waals surface area (Å²) in [6.07, 6.45) is 79.6. The lowest BCUT2D eigenvalue weighted by Gasteiger charge is -2.18. The van der Waals surface area contributed by atoms with Crippen molar-refractivity contribution in [2.45, 2.75) is 271 Å². The van der Waals surface area contributed by atoms with Crippen molar-refractivity contribution in [3.05, 3.63) is 109 Å². The molecular formula is C65H108O6. The quantitative estimate of drug-likeness (QED) is 0.0261. The highest BCUT2D eigenvalue weighted by molar-refractivity contribution is 5.72. The number of allylic oxidation sites excluding steroid dienone is 17. The summed E-state index contributed by atoms with van der Waals surface area (Å²) < 4.78 is 16.8. The van der Waals surface area contributed by atoms with E-state index in [2.05, 4.69) is 118 Å². The molecular weight excluding hydrogens is 877 g/mol. The second-order valence-corrected chi connectivity index (χ2v) is 19.2. The van der Waals surface area contributed by atoms with Gasteiger partial charge in [0.1, 0.15) is 13.2 Å². The van der Waals surface area contributed by atoms with Gasteiger partial charge in [-0.2, -0.15) is 0 Å². The number of hydrogen-bond acceptors (Lipinski definition) is 6. The van der Waals surface area contributed by atoms with Gasteiger partial charge in [-0.3, -0.25) is 14.4 Å². The van der Waals surface area contributed by atoms with E-state index in [-0.39, 0.29) is 31.6 Å². The second-order valence-electron chi connectivity index (χ2n) is 19.2. The van der Waals surface area contributed by atoms with Gasteiger partial charge in [-0.15, -0.1) is 0 Å². The molecule has 0 saturated carbocycles.